The number of hydrogen-bond acceptors (Lipinski definition) is 2. The molecule has 0 saturated heterocycles. The van der Waals surface area contributed by atoms with Gasteiger partial charge in [0.1, 0.15) is 5.76 Å². The molecule has 0 radical (unpaired) electrons. The van der Waals surface area contributed by atoms with E-state index < -0.39 is 0 Å². The first-order valence-electron chi connectivity index (χ1n) is 6.38. The van der Waals surface area contributed by atoms with Crippen LogP contribution in [0.2, 0.25) is 0 Å². The Kier molecular flexibility index (Phi) is 8.12. The van der Waals surface area contributed by atoms with Gasteiger partial charge in [0.25, 0.3) is 0 Å². The fourth-order valence-corrected chi connectivity index (χ4v) is 1.34. The fourth-order valence-electron chi connectivity index (χ4n) is 1.34. The largest absolute Gasteiger partial charge is 0.453 e. The van der Waals surface area contributed by atoms with Crippen molar-refractivity contribution in [2.45, 2.75) is 27.7 Å². The SMILES string of the molecule is C=CC1=C(C=C)Oc2ccccc2N1.CC.CC. The van der Waals surface area contributed by atoms with Gasteiger partial charge >= 0.3 is 0 Å². The molecule has 0 atom stereocenters. The summed E-state index contributed by atoms with van der Waals surface area (Å²) < 4.78 is 5.61. The average Bonchev–Trinajstić information content (AvgIpc) is 2.49. The van der Waals surface area contributed by atoms with Crippen molar-refractivity contribution in [3.8, 4) is 5.75 Å². The predicted octanol–water partition coefficient (Wildman–Crippen LogP) is 5.13. The molecule has 1 aromatic rings. The van der Waals surface area contributed by atoms with E-state index in [1.54, 1.807) is 12.2 Å². The number of hydrogen-bond donors (Lipinski definition) is 1. The first-order valence-corrected chi connectivity index (χ1v) is 6.38. The van der Waals surface area contributed by atoms with Gasteiger partial charge in [0.05, 0.1) is 11.4 Å². The Hall–Kier alpha value is -1.96. The number of rotatable bonds is 2. The van der Waals surface area contributed by atoms with E-state index in [0.717, 1.165) is 17.1 Å². The van der Waals surface area contributed by atoms with Crippen LogP contribution >= 0.6 is 0 Å². The van der Waals surface area contributed by atoms with E-state index in [9.17, 15) is 0 Å². The molecule has 1 N–H and O–H groups in total. The van der Waals surface area contributed by atoms with Crippen LogP contribution in [-0.4, -0.2) is 0 Å². The van der Waals surface area contributed by atoms with Crippen molar-refractivity contribution in [2.24, 2.45) is 0 Å². The molecule has 0 amide bonds. The number of fused-ring (bicyclic) bond motifs is 1. The summed E-state index contributed by atoms with van der Waals surface area (Å²) in [5.41, 5.74) is 1.80. The molecule has 1 aliphatic rings. The zero-order valence-corrected chi connectivity index (χ0v) is 11.8. The number of ether oxygens (including phenoxy) is 1. The molecule has 1 aliphatic heterocycles. The van der Waals surface area contributed by atoms with E-state index in [4.69, 9.17) is 4.74 Å². The predicted molar refractivity (Wildman–Crippen MR) is 80.8 cm³/mol. The van der Waals surface area contributed by atoms with Gasteiger partial charge in [0, 0.05) is 0 Å². The maximum absolute atomic E-state index is 5.61. The summed E-state index contributed by atoms with van der Waals surface area (Å²) in [4.78, 5) is 0. The summed E-state index contributed by atoms with van der Waals surface area (Å²) in [6.45, 7) is 15.4. The zero-order chi connectivity index (χ0) is 14.0. The summed E-state index contributed by atoms with van der Waals surface area (Å²) in [5.74, 6) is 1.52. The van der Waals surface area contributed by atoms with Crippen molar-refractivity contribution in [3.05, 3.63) is 61.0 Å². The van der Waals surface area contributed by atoms with E-state index in [2.05, 4.69) is 18.5 Å². The van der Waals surface area contributed by atoms with Gasteiger partial charge in [0.2, 0.25) is 0 Å². The third-order valence-electron chi connectivity index (χ3n) is 2.03. The Morgan fingerprint density at radius 3 is 2.17 bits per heavy atom. The third-order valence-corrected chi connectivity index (χ3v) is 2.03. The summed E-state index contributed by atoms with van der Waals surface area (Å²) in [5, 5.41) is 3.21. The van der Waals surface area contributed by atoms with Gasteiger partial charge in [0.15, 0.2) is 5.75 Å². The first-order chi connectivity index (χ1) is 8.85. The lowest BCUT2D eigenvalue weighted by Gasteiger charge is -2.21. The van der Waals surface area contributed by atoms with Crippen molar-refractivity contribution in [2.75, 3.05) is 5.32 Å². The van der Waals surface area contributed by atoms with Gasteiger partial charge in [-0.05, 0) is 24.3 Å². The standard InChI is InChI=1S/C12H11NO.2C2H6/c1-3-9-11(4-2)14-12-8-6-5-7-10(12)13-9;2*1-2/h3-8,13H,1-2H2;2*1-2H3. The number of para-hydroxylation sites is 2. The van der Waals surface area contributed by atoms with Crippen LogP contribution in [0.1, 0.15) is 27.7 Å². The Balaban J connectivity index is 0.000000659. The van der Waals surface area contributed by atoms with Gasteiger partial charge in [-0.3, -0.25) is 0 Å². The monoisotopic (exact) mass is 245 g/mol. The summed E-state index contributed by atoms with van der Waals surface area (Å²) >= 11 is 0. The maximum atomic E-state index is 5.61. The normalized spacial score (nSPS) is 11.3. The molecule has 2 nitrogen and oxygen atoms in total. The van der Waals surface area contributed by atoms with E-state index in [0.29, 0.717) is 5.76 Å². The minimum absolute atomic E-state index is 0.707. The molecule has 0 aliphatic carbocycles. The molecule has 0 unspecified atom stereocenters. The molecule has 0 spiro atoms. The minimum atomic E-state index is 0.707. The second kappa shape index (κ2) is 9.11. The molecular weight excluding hydrogens is 222 g/mol. The Morgan fingerprint density at radius 1 is 1.00 bits per heavy atom. The van der Waals surface area contributed by atoms with E-state index >= 15 is 0 Å². The lowest BCUT2D eigenvalue weighted by molar-refractivity contribution is 0.436. The lowest BCUT2D eigenvalue weighted by Crippen LogP contribution is -2.11. The number of allylic oxidation sites excluding steroid dienone is 2. The summed E-state index contributed by atoms with van der Waals surface area (Å²) in [6.07, 6.45) is 3.38. The summed E-state index contributed by atoms with van der Waals surface area (Å²) in [7, 11) is 0. The molecule has 2 heteroatoms. The molecule has 0 fully saturated rings. The van der Waals surface area contributed by atoms with Crippen LogP contribution in [0.25, 0.3) is 0 Å². The molecule has 0 aromatic heterocycles. The second-order valence-corrected chi connectivity index (χ2v) is 2.91. The van der Waals surface area contributed by atoms with E-state index in [1.807, 2.05) is 52.0 Å². The third kappa shape index (κ3) is 3.81. The zero-order valence-electron chi connectivity index (χ0n) is 11.8. The van der Waals surface area contributed by atoms with Crippen molar-refractivity contribution in [1.29, 1.82) is 0 Å². The summed E-state index contributed by atoms with van der Waals surface area (Å²) in [6, 6.07) is 7.75. The topological polar surface area (TPSA) is 21.3 Å². The molecule has 0 saturated carbocycles. The maximum Gasteiger partial charge on any atom is 0.150 e. The van der Waals surface area contributed by atoms with Crippen molar-refractivity contribution in [1.82, 2.24) is 0 Å². The van der Waals surface area contributed by atoms with Crippen molar-refractivity contribution < 1.29 is 4.74 Å². The fraction of sp³-hybridized carbons (Fsp3) is 0.250. The Labute approximate surface area is 111 Å². The molecule has 98 valence electrons. The van der Waals surface area contributed by atoms with Crippen molar-refractivity contribution >= 4 is 5.69 Å². The minimum Gasteiger partial charge on any atom is -0.453 e. The molecule has 1 heterocycles. The molecule has 1 aromatic carbocycles. The average molecular weight is 245 g/mol. The van der Waals surface area contributed by atoms with Crippen molar-refractivity contribution in [3.63, 3.8) is 0 Å². The molecular formula is C16H23NO. The number of benzene rings is 1. The van der Waals surface area contributed by atoms with Gasteiger partial charge in [-0.2, -0.15) is 0 Å². The van der Waals surface area contributed by atoms with Crippen LogP contribution in [-0.2, 0) is 0 Å². The Morgan fingerprint density at radius 2 is 1.61 bits per heavy atom. The first kappa shape index (κ1) is 16.0. The highest BCUT2D eigenvalue weighted by atomic mass is 16.5. The highest BCUT2D eigenvalue weighted by molar-refractivity contribution is 5.64. The van der Waals surface area contributed by atoms with Gasteiger partial charge in [-0.25, -0.2) is 0 Å². The smallest absolute Gasteiger partial charge is 0.150 e. The Bertz CT molecular complexity index is 380. The highest BCUT2D eigenvalue weighted by Crippen LogP contribution is 2.32. The van der Waals surface area contributed by atoms with Gasteiger partial charge in [-0.15, -0.1) is 0 Å². The van der Waals surface area contributed by atoms with Crippen LogP contribution in [0.15, 0.2) is 61.0 Å². The number of anilines is 1. The highest BCUT2D eigenvalue weighted by Gasteiger charge is 2.14. The molecule has 2 rings (SSSR count). The van der Waals surface area contributed by atoms with Crippen LogP contribution in [0.5, 0.6) is 5.75 Å². The van der Waals surface area contributed by atoms with Crippen LogP contribution in [0, 0.1) is 0 Å². The molecule has 0 bridgehead atoms. The van der Waals surface area contributed by atoms with Crippen LogP contribution < -0.4 is 10.1 Å². The van der Waals surface area contributed by atoms with Crippen LogP contribution in [0.3, 0.4) is 0 Å². The lowest BCUT2D eigenvalue weighted by atomic mass is 10.2. The van der Waals surface area contributed by atoms with E-state index in [-0.39, 0.29) is 0 Å². The van der Waals surface area contributed by atoms with E-state index in [1.165, 1.54) is 0 Å². The van der Waals surface area contributed by atoms with Gasteiger partial charge in [-0.1, -0.05) is 53.0 Å². The van der Waals surface area contributed by atoms with Gasteiger partial charge < -0.3 is 10.1 Å². The van der Waals surface area contributed by atoms with Crippen LogP contribution in [0.4, 0.5) is 5.69 Å². The second-order valence-electron chi connectivity index (χ2n) is 2.91. The molecule has 18 heavy (non-hydrogen) atoms. The number of nitrogens with one attached hydrogen (secondary N) is 1. The quantitative estimate of drug-likeness (QED) is 0.780.